The van der Waals surface area contributed by atoms with Crippen molar-refractivity contribution in [1.29, 1.82) is 0 Å². The van der Waals surface area contributed by atoms with E-state index in [-0.39, 0.29) is 11.8 Å². The van der Waals surface area contributed by atoms with Crippen molar-refractivity contribution >= 4 is 11.8 Å². The Bertz CT molecular complexity index is 1090. The van der Waals surface area contributed by atoms with Crippen molar-refractivity contribution in [3.8, 4) is 0 Å². The first kappa shape index (κ1) is 20.5. The van der Waals surface area contributed by atoms with Gasteiger partial charge in [0.25, 0.3) is 5.91 Å². The number of hydrogen-bond donors (Lipinski definition) is 0. The number of benzene rings is 3. The number of piperidine rings is 1. The number of likely N-dealkylation sites (tertiary alicyclic amines) is 1. The second-order valence-electron chi connectivity index (χ2n) is 8.86. The highest BCUT2D eigenvalue weighted by atomic mass is 16.2. The third-order valence-electron chi connectivity index (χ3n) is 6.80. The zero-order valence-corrected chi connectivity index (χ0v) is 18.2. The van der Waals surface area contributed by atoms with Gasteiger partial charge in [0.1, 0.15) is 6.04 Å². The smallest absolute Gasteiger partial charge is 0.255 e. The first-order valence-electron chi connectivity index (χ1n) is 11.5. The molecule has 0 aliphatic carbocycles. The zero-order valence-electron chi connectivity index (χ0n) is 18.2. The molecule has 1 saturated heterocycles. The molecule has 0 N–H and O–H groups in total. The summed E-state index contributed by atoms with van der Waals surface area (Å²) in [4.78, 5) is 30.7. The van der Waals surface area contributed by atoms with E-state index in [1.54, 1.807) is 4.90 Å². The van der Waals surface area contributed by atoms with Gasteiger partial charge in [-0.1, -0.05) is 78.9 Å². The predicted molar refractivity (Wildman–Crippen MR) is 125 cm³/mol. The molecule has 0 bridgehead atoms. The van der Waals surface area contributed by atoms with Crippen LogP contribution in [-0.4, -0.2) is 34.7 Å². The lowest BCUT2D eigenvalue weighted by Crippen LogP contribution is -2.46. The van der Waals surface area contributed by atoms with E-state index in [0.29, 0.717) is 18.0 Å². The summed E-state index contributed by atoms with van der Waals surface area (Å²) in [5, 5.41) is 0. The van der Waals surface area contributed by atoms with Gasteiger partial charge in [-0.15, -0.1) is 0 Å². The normalized spacial score (nSPS) is 17.3. The molecule has 5 rings (SSSR count). The molecule has 0 saturated carbocycles. The summed E-state index contributed by atoms with van der Waals surface area (Å²) in [6, 6.07) is 27.4. The SMILES string of the molecule is O=C(C(c1ccccc1)N1Cc2ccccc2C1=O)N1CCC(Cc2ccccc2)CC1. The summed E-state index contributed by atoms with van der Waals surface area (Å²) in [7, 11) is 0. The molecule has 4 heteroatoms. The van der Waals surface area contributed by atoms with Crippen LogP contribution in [0.4, 0.5) is 0 Å². The average molecular weight is 425 g/mol. The average Bonchev–Trinajstić information content (AvgIpc) is 3.17. The van der Waals surface area contributed by atoms with Crippen molar-refractivity contribution in [2.45, 2.75) is 31.8 Å². The van der Waals surface area contributed by atoms with Gasteiger partial charge in [-0.2, -0.15) is 0 Å². The van der Waals surface area contributed by atoms with E-state index in [1.165, 1.54) is 5.56 Å². The molecule has 0 spiro atoms. The highest BCUT2D eigenvalue weighted by Crippen LogP contribution is 2.34. The maximum atomic E-state index is 13.8. The molecule has 0 radical (unpaired) electrons. The van der Waals surface area contributed by atoms with E-state index in [1.807, 2.05) is 65.6 Å². The van der Waals surface area contributed by atoms with Gasteiger partial charge in [0.2, 0.25) is 5.91 Å². The summed E-state index contributed by atoms with van der Waals surface area (Å²) >= 11 is 0. The van der Waals surface area contributed by atoms with Gasteiger partial charge in [0.05, 0.1) is 0 Å². The van der Waals surface area contributed by atoms with Gasteiger partial charge in [0, 0.05) is 25.2 Å². The Kier molecular flexibility index (Phi) is 5.76. The zero-order chi connectivity index (χ0) is 21.9. The molecule has 2 amide bonds. The Hall–Kier alpha value is -3.40. The first-order chi connectivity index (χ1) is 15.7. The van der Waals surface area contributed by atoms with E-state index in [2.05, 4.69) is 24.3 Å². The van der Waals surface area contributed by atoms with Crippen LogP contribution in [0.5, 0.6) is 0 Å². The number of carbonyl (C=O) groups excluding carboxylic acids is 2. The van der Waals surface area contributed by atoms with Crippen molar-refractivity contribution in [1.82, 2.24) is 9.80 Å². The maximum absolute atomic E-state index is 13.8. The Morgan fingerprint density at radius 3 is 2.16 bits per heavy atom. The van der Waals surface area contributed by atoms with Gasteiger partial charge < -0.3 is 9.80 Å². The van der Waals surface area contributed by atoms with Crippen LogP contribution in [0, 0.1) is 5.92 Å². The Balaban J connectivity index is 1.33. The van der Waals surface area contributed by atoms with E-state index in [4.69, 9.17) is 0 Å². The van der Waals surface area contributed by atoms with Gasteiger partial charge in [-0.05, 0) is 47.9 Å². The standard InChI is InChI=1S/C28H28N2O2/c31-27-25-14-8-7-13-24(25)20-30(27)26(23-11-5-2-6-12-23)28(32)29-17-15-22(16-18-29)19-21-9-3-1-4-10-21/h1-14,22,26H,15-20H2. The lowest BCUT2D eigenvalue weighted by atomic mass is 9.89. The molecule has 162 valence electrons. The van der Waals surface area contributed by atoms with Crippen LogP contribution in [0.1, 0.15) is 45.9 Å². The van der Waals surface area contributed by atoms with Crippen molar-refractivity contribution in [3.63, 3.8) is 0 Å². The quantitative estimate of drug-likeness (QED) is 0.587. The molecule has 2 heterocycles. The van der Waals surface area contributed by atoms with E-state index in [9.17, 15) is 9.59 Å². The number of amides is 2. The minimum atomic E-state index is -0.582. The predicted octanol–water partition coefficient (Wildman–Crippen LogP) is 4.87. The molecule has 2 aliphatic rings. The molecule has 32 heavy (non-hydrogen) atoms. The molecule has 4 nitrogen and oxygen atoms in total. The second kappa shape index (κ2) is 8.99. The second-order valence-corrected chi connectivity index (χ2v) is 8.86. The number of hydrogen-bond acceptors (Lipinski definition) is 2. The Labute approximate surface area is 189 Å². The van der Waals surface area contributed by atoms with Gasteiger partial charge in [0.15, 0.2) is 0 Å². The molecule has 0 aromatic heterocycles. The highest BCUT2D eigenvalue weighted by molar-refractivity contribution is 6.01. The first-order valence-corrected chi connectivity index (χ1v) is 11.5. The van der Waals surface area contributed by atoms with Crippen LogP contribution >= 0.6 is 0 Å². The van der Waals surface area contributed by atoms with Crippen LogP contribution in [-0.2, 0) is 17.8 Å². The molecular formula is C28H28N2O2. The molecule has 2 aliphatic heterocycles. The van der Waals surface area contributed by atoms with Crippen LogP contribution in [0.15, 0.2) is 84.9 Å². The molecule has 1 unspecified atom stereocenters. The van der Waals surface area contributed by atoms with Gasteiger partial charge >= 0.3 is 0 Å². The van der Waals surface area contributed by atoms with E-state index in [0.717, 1.165) is 43.5 Å². The van der Waals surface area contributed by atoms with Gasteiger partial charge in [-0.25, -0.2) is 0 Å². The third-order valence-corrected chi connectivity index (χ3v) is 6.80. The number of fused-ring (bicyclic) bond motifs is 1. The number of rotatable bonds is 5. The minimum Gasteiger partial charge on any atom is -0.341 e. The number of nitrogens with zero attached hydrogens (tertiary/aromatic N) is 2. The fourth-order valence-electron chi connectivity index (χ4n) is 5.05. The molecule has 3 aromatic rings. The lowest BCUT2D eigenvalue weighted by Gasteiger charge is -2.37. The van der Waals surface area contributed by atoms with Crippen LogP contribution in [0.3, 0.4) is 0 Å². The summed E-state index contributed by atoms with van der Waals surface area (Å²) in [6.07, 6.45) is 3.05. The molecule has 3 aromatic carbocycles. The van der Waals surface area contributed by atoms with E-state index >= 15 is 0 Å². The van der Waals surface area contributed by atoms with Crippen molar-refractivity contribution < 1.29 is 9.59 Å². The molecule has 1 fully saturated rings. The lowest BCUT2D eigenvalue weighted by molar-refractivity contribution is -0.138. The van der Waals surface area contributed by atoms with E-state index < -0.39 is 6.04 Å². The van der Waals surface area contributed by atoms with Crippen molar-refractivity contribution in [2.24, 2.45) is 5.92 Å². The Morgan fingerprint density at radius 2 is 1.47 bits per heavy atom. The fraction of sp³-hybridized carbons (Fsp3) is 0.286. The molecular weight excluding hydrogens is 396 g/mol. The number of carbonyl (C=O) groups is 2. The summed E-state index contributed by atoms with van der Waals surface area (Å²) < 4.78 is 0. The van der Waals surface area contributed by atoms with Gasteiger partial charge in [-0.3, -0.25) is 9.59 Å². The maximum Gasteiger partial charge on any atom is 0.255 e. The minimum absolute atomic E-state index is 0.0375. The topological polar surface area (TPSA) is 40.6 Å². The summed E-state index contributed by atoms with van der Waals surface area (Å²) in [6.45, 7) is 1.97. The Morgan fingerprint density at radius 1 is 0.844 bits per heavy atom. The van der Waals surface area contributed by atoms with Crippen LogP contribution < -0.4 is 0 Å². The van der Waals surface area contributed by atoms with Crippen LogP contribution in [0.2, 0.25) is 0 Å². The highest BCUT2D eigenvalue weighted by Gasteiger charge is 2.39. The fourth-order valence-corrected chi connectivity index (χ4v) is 5.05. The van der Waals surface area contributed by atoms with Crippen molar-refractivity contribution in [2.75, 3.05) is 13.1 Å². The molecule has 1 atom stereocenters. The van der Waals surface area contributed by atoms with Crippen LogP contribution in [0.25, 0.3) is 0 Å². The van der Waals surface area contributed by atoms with Crippen molar-refractivity contribution in [3.05, 3.63) is 107 Å². The third kappa shape index (κ3) is 4.05. The monoisotopic (exact) mass is 424 g/mol. The largest absolute Gasteiger partial charge is 0.341 e. The summed E-state index contributed by atoms with van der Waals surface area (Å²) in [5.41, 5.74) is 3.94. The summed E-state index contributed by atoms with van der Waals surface area (Å²) in [5.74, 6) is 0.576.